The van der Waals surface area contributed by atoms with Gasteiger partial charge in [-0.1, -0.05) is 36.5 Å². The maximum atomic E-state index is 4.85. The summed E-state index contributed by atoms with van der Waals surface area (Å²) in [5.41, 5.74) is 1.94. The Bertz CT molecular complexity index is 368. The maximum absolute atomic E-state index is 4.85. The minimum Gasteiger partial charge on any atom is -0.448 e. The molecule has 0 aliphatic heterocycles. The Labute approximate surface area is 78.9 Å². The number of fused-ring (bicyclic) bond motifs is 1. The molecule has 1 heterocycles. The van der Waals surface area contributed by atoms with Crippen LogP contribution in [-0.2, 0) is 16.5 Å². The number of nitrogens with one attached hydrogen (secondary N) is 1. The number of aromatic amines is 1. The van der Waals surface area contributed by atoms with Crippen LogP contribution in [0.2, 0.25) is 0 Å². The SMILES string of the molecule is S=c1[n-]c2ccccc2[nH]1.[Ni]. The predicted octanol–water partition coefficient (Wildman–Crippen LogP) is 1.85. The molecule has 2 rings (SSSR count). The van der Waals surface area contributed by atoms with Gasteiger partial charge in [-0.15, -0.1) is 0 Å². The van der Waals surface area contributed by atoms with Gasteiger partial charge in [-0.25, -0.2) is 0 Å². The van der Waals surface area contributed by atoms with Gasteiger partial charge < -0.3 is 9.97 Å². The molecule has 0 aliphatic rings. The van der Waals surface area contributed by atoms with Crippen LogP contribution >= 0.6 is 12.2 Å². The fourth-order valence-electron chi connectivity index (χ4n) is 0.929. The van der Waals surface area contributed by atoms with E-state index >= 15 is 0 Å². The first-order valence-electron chi connectivity index (χ1n) is 2.98. The van der Waals surface area contributed by atoms with Crippen LogP contribution in [0.5, 0.6) is 0 Å². The Morgan fingerprint density at radius 3 is 2.73 bits per heavy atom. The summed E-state index contributed by atoms with van der Waals surface area (Å²) in [6.45, 7) is 0. The van der Waals surface area contributed by atoms with Crippen molar-refractivity contribution in [2.75, 3.05) is 0 Å². The first-order valence-corrected chi connectivity index (χ1v) is 3.39. The third-order valence-corrected chi connectivity index (χ3v) is 1.56. The van der Waals surface area contributed by atoms with Crippen LogP contribution in [0.25, 0.3) is 11.0 Å². The predicted molar refractivity (Wildman–Crippen MR) is 42.5 cm³/mol. The van der Waals surface area contributed by atoms with E-state index in [1.165, 1.54) is 0 Å². The van der Waals surface area contributed by atoms with Crippen molar-refractivity contribution in [2.45, 2.75) is 0 Å². The molecule has 0 unspecified atom stereocenters. The molecule has 0 spiro atoms. The Morgan fingerprint density at radius 1 is 1.27 bits per heavy atom. The van der Waals surface area contributed by atoms with Crippen LogP contribution in [0, 0.1) is 4.77 Å². The first kappa shape index (κ1) is 8.50. The van der Waals surface area contributed by atoms with Crippen LogP contribution in [0.3, 0.4) is 0 Å². The van der Waals surface area contributed by atoms with Crippen molar-refractivity contribution < 1.29 is 16.5 Å². The molecule has 0 fully saturated rings. The van der Waals surface area contributed by atoms with Crippen molar-refractivity contribution in [2.24, 2.45) is 0 Å². The molecule has 2 aromatic rings. The molecule has 0 atom stereocenters. The van der Waals surface area contributed by atoms with Crippen molar-refractivity contribution in [3.05, 3.63) is 29.0 Å². The zero-order chi connectivity index (χ0) is 6.97. The van der Waals surface area contributed by atoms with Crippen molar-refractivity contribution in [1.29, 1.82) is 0 Å². The molecule has 0 aliphatic carbocycles. The van der Waals surface area contributed by atoms with E-state index in [-0.39, 0.29) is 16.5 Å². The molecule has 1 aromatic heterocycles. The first-order chi connectivity index (χ1) is 4.86. The molecule has 11 heavy (non-hydrogen) atoms. The van der Waals surface area contributed by atoms with Crippen molar-refractivity contribution >= 4 is 23.3 Å². The van der Waals surface area contributed by atoms with E-state index in [9.17, 15) is 0 Å². The molecule has 1 N–H and O–H groups in total. The third-order valence-electron chi connectivity index (χ3n) is 1.37. The molecule has 0 amide bonds. The van der Waals surface area contributed by atoms with E-state index in [4.69, 9.17) is 12.2 Å². The number of para-hydroxylation sites is 2. The molecule has 1 aromatic carbocycles. The summed E-state index contributed by atoms with van der Waals surface area (Å²) in [5, 5.41) is 0. The number of imidazole rings is 1. The summed E-state index contributed by atoms with van der Waals surface area (Å²) in [4.78, 5) is 7.03. The second-order valence-corrected chi connectivity index (χ2v) is 2.45. The average molecular weight is 208 g/mol. The second kappa shape index (κ2) is 3.20. The monoisotopic (exact) mass is 207 g/mol. The van der Waals surface area contributed by atoms with Crippen molar-refractivity contribution in [1.82, 2.24) is 9.97 Å². The molecule has 0 radical (unpaired) electrons. The molecular weight excluding hydrogens is 203 g/mol. The van der Waals surface area contributed by atoms with Crippen LogP contribution in [0.1, 0.15) is 0 Å². The standard InChI is InChI=1S/C7H6N2S.Ni/c10-7-8-5-3-1-2-4-6(5)9-7;/h1-4H,(H2,8,9,10);/p-1. The van der Waals surface area contributed by atoms with Gasteiger partial charge >= 0.3 is 0 Å². The average Bonchev–Trinajstić information content (AvgIpc) is 2.27. The van der Waals surface area contributed by atoms with Gasteiger partial charge in [-0.2, -0.15) is 0 Å². The minimum atomic E-state index is 0. The maximum Gasteiger partial charge on any atom is 0.00722 e. The molecule has 4 heteroatoms. The molecule has 0 bridgehead atoms. The van der Waals surface area contributed by atoms with E-state index in [0.29, 0.717) is 4.77 Å². The smallest absolute Gasteiger partial charge is 0.00722 e. The van der Waals surface area contributed by atoms with Crippen LogP contribution in [0.15, 0.2) is 24.3 Å². The van der Waals surface area contributed by atoms with Gasteiger partial charge in [0.05, 0.1) is 0 Å². The van der Waals surface area contributed by atoms with Gasteiger partial charge in [0.1, 0.15) is 0 Å². The van der Waals surface area contributed by atoms with Gasteiger partial charge in [0.25, 0.3) is 0 Å². The molecule has 0 saturated heterocycles. The molecule has 2 nitrogen and oxygen atoms in total. The Morgan fingerprint density at radius 2 is 2.00 bits per heavy atom. The fraction of sp³-hybridized carbons (Fsp3) is 0. The number of benzene rings is 1. The molecule has 60 valence electrons. The molecule has 0 saturated carbocycles. The number of hydrogen-bond donors (Lipinski definition) is 1. The quantitative estimate of drug-likeness (QED) is 0.528. The third kappa shape index (κ3) is 1.52. The van der Waals surface area contributed by atoms with Crippen molar-refractivity contribution in [3.63, 3.8) is 0 Å². The summed E-state index contributed by atoms with van der Waals surface area (Å²) in [6.07, 6.45) is 0. The summed E-state index contributed by atoms with van der Waals surface area (Å²) in [5.74, 6) is 0. The largest absolute Gasteiger partial charge is 0.448 e. The Balaban J connectivity index is 0.000000605. The normalized spacial score (nSPS) is 9.45. The number of nitrogens with zero attached hydrogens (tertiary/aromatic N) is 1. The second-order valence-electron chi connectivity index (χ2n) is 2.06. The van der Waals surface area contributed by atoms with E-state index in [1.54, 1.807) is 0 Å². The van der Waals surface area contributed by atoms with Gasteiger partial charge in [0.15, 0.2) is 0 Å². The Hall–Kier alpha value is -0.596. The zero-order valence-corrected chi connectivity index (χ0v) is 7.29. The Kier molecular flexibility index (Phi) is 2.47. The number of H-pyrrole nitrogens is 1. The van der Waals surface area contributed by atoms with Gasteiger partial charge in [-0.05, 0) is 11.0 Å². The number of aromatic nitrogens is 2. The summed E-state index contributed by atoms with van der Waals surface area (Å²) in [7, 11) is 0. The topological polar surface area (TPSA) is 29.9 Å². The van der Waals surface area contributed by atoms with E-state index in [1.807, 2.05) is 24.3 Å². The van der Waals surface area contributed by atoms with Gasteiger partial charge in [0, 0.05) is 21.3 Å². The van der Waals surface area contributed by atoms with Crippen LogP contribution in [0.4, 0.5) is 0 Å². The minimum absolute atomic E-state index is 0. The number of rotatable bonds is 0. The number of hydrogen-bond acceptors (Lipinski definition) is 1. The molecular formula is C7H5N2NiS-. The van der Waals surface area contributed by atoms with Gasteiger partial charge in [-0.3, -0.25) is 0 Å². The van der Waals surface area contributed by atoms with Gasteiger partial charge in [0.2, 0.25) is 0 Å². The van der Waals surface area contributed by atoms with Crippen LogP contribution in [-0.4, -0.2) is 4.98 Å². The van der Waals surface area contributed by atoms with E-state index in [0.717, 1.165) is 11.0 Å². The summed E-state index contributed by atoms with van der Waals surface area (Å²) in [6, 6.07) is 7.78. The van der Waals surface area contributed by atoms with E-state index < -0.39 is 0 Å². The zero-order valence-electron chi connectivity index (χ0n) is 5.48. The summed E-state index contributed by atoms with van der Waals surface area (Å²) >= 11 is 4.85. The fourth-order valence-corrected chi connectivity index (χ4v) is 1.14. The summed E-state index contributed by atoms with van der Waals surface area (Å²) < 4.78 is 0.557. The van der Waals surface area contributed by atoms with Crippen molar-refractivity contribution in [3.8, 4) is 0 Å². The van der Waals surface area contributed by atoms with Crippen LogP contribution < -0.4 is 4.98 Å². The van der Waals surface area contributed by atoms with E-state index in [2.05, 4.69) is 9.97 Å².